The second kappa shape index (κ2) is 9.44. The van der Waals surface area contributed by atoms with E-state index in [9.17, 15) is 9.59 Å². The quantitative estimate of drug-likeness (QED) is 0.385. The van der Waals surface area contributed by atoms with Gasteiger partial charge in [-0.25, -0.2) is 0 Å². The van der Waals surface area contributed by atoms with Crippen molar-refractivity contribution >= 4 is 11.9 Å². The minimum Gasteiger partial charge on any atom is -0.493 e. The predicted molar refractivity (Wildman–Crippen MR) is 94.9 cm³/mol. The molecular weight excluding hydrogens is 320 g/mol. The summed E-state index contributed by atoms with van der Waals surface area (Å²) >= 11 is 0. The van der Waals surface area contributed by atoms with Crippen molar-refractivity contribution in [3.8, 4) is 11.5 Å². The van der Waals surface area contributed by atoms with E-state index in [4.69, 9.17) is 9.47 Å². The molecule has 0 bridgehead atoms. The highest BCUT2D eigenvalue weighted by molar-refractivity contribution is 5.76. The number of hydrogen-bond donors (Lipinski definition) is 0. The molecule has 5 heteroatoms. The first kappa shape index (κ1) is 19.3. The zero-order valence-corrected chi connectivity index (χ0v) is 15.4. The maximum atomic E-state index is 11.7. The highest BCUT2D eigenvalue weighted by Crippen LogP contribution is 2.37. The number of unbranched alkanes of at least 4 members (excludes halogenated alkanes) is 1. The number of fused-ring (bicyclic) bond motifs is 1. The van der Waals surface area contributed by atoms with Crippen LogP contribution in [0.1, 0.15) is 57.1 Å². The number of rotatable bonds is 9. The van der Waals surface area contributed by atoms with Crippen LogP contribution >= 0.6 is 0 Å². The molecule has 0 radical (unpaired) electrons. The molecule has 0 fully saturated rings. The summed E-state index contributed by atoms with van der Waals surface area (Å²) in [5, 5.41) is 0. The molecule has 1 aliphatic heterocycles. The molecule has 0 amide bonds. The topological polar surface area (TPSA) is 61.8 Å². The molecule has 0 aliphatic carbocycles. The summed E-state index contributed by atoms with van der Waals surface area (Å²) in [6.45, 7) is 4.88. The van der Waals surface area contributed by atoms with Crippen molar-refractivity contribution in [2.24, 2.45) is 5.92 Å². The van der Waals surface area contributed by atoms with Crippen molar-refractivity contribution in [3.05, 3.63) is 23.3 Å². The van der Waals surface area contributed by atoms with E-state index in [1.165, 1.54) is 7.11 Å². The maximum absolute atomic E-state index is 11.7. The van der Waals surface area contributed by atoms with Crippen LogP contribution in [0.25, 0.3) is 0 Å². The average molecular weight is 348 g/mol. The number of ether oxygens (including phenoxy) is 3. The molecule has 0 saturated heterocycles. The number of methoxy groups -OCH3 is 1. The molecule has 5 nitrogen and oxygen atoms in total. The van der Waals surface area contributed by atoms with Crippen LogP contribution in [0.3, 0.4) is 0 Å². The molecule has 1 aromatic rings. The first-order valence-corrected chi connectivity index (χ1v) is 9.06. The van der Waals surface area contributed by atoms with E-state index in [1.807, 2.05) is 12.1 Å². The monoisotopic (exact) mass is 348 g/mol. The van der Waals surface area contributed by atoms with Crippen LogP contribution in [-0.2, 0) is 27.2 Å². The van der Waals surface area contributed by atoms with Crippen molar-refractivity contribution in [2.45, 2.75) is 58.8 Å². The third-order valence-corrected chi connectivity index (χ3v) is 4.35. The van der Waals surface area contributed by atoms with Gasteiger partial charge in [0.2, 0.25) is 0 Å². The Balaban J connectivity index is 2.04. The molecule has 25 heavy (non-hydrogen) atoms. The predicted octanol–water partition coefficient (Wildman–Crippen LogP) is 3.85. The van der Waals surface area contributed by atoms with Crippen LogP contribution in [0.2, 0.25) is 0 Å². The zero-order chi connectivity index (χ0) is 18.2. The summed E-state index contributed by atoms with van der Waals surface area (Å²) in [4.78, 5) is 22.8. The van der Waals surface area contributed by atoms with Crippen LogP contribution in [0.4, 0.5) is 0 Å². The van der Waals surface area contributed by atoms with Gasteiger partial charge in [0.25, 0.3) is 0 Å². The van der Waals surface area contributed by atoms with E-state index in [0.717, 1.165) is 49.0 Å². The van der Waals surface area contributed by atoms with Crippen LogP contribution < -0.4 is 9.47 Å². The van der Waals surface area contributed by atoms with Crippen molar-refractivity contribution < 1.29 is 23.8 Å². The molecule has 138 valence electrons. The molecule has 0 saturated carbocycles. The van der Waals surface area contributed by atoms with Crippen LogP contribution in [0.15, 0.2) is 12.1 Å². The minimum absolute atomic E-state index is 0.173. The van der Waals surface area contributed by atoms with Gasteiger partial charge in [0.15, 0.2) is 0 Å². The second-order valence-corrected chi connectivity index (χ2v) is 6.82. The molecular formula is C20H28O5. The molecule has 2 rings (SSSR count). The van der Waals surface area contributed by atoms with Gasteiger partial charge in [-0.1, -0.05) is 19.9 Å². The number of carbonyl (C=O) groups is 2. The summed E-state index contributed by atoms with van der Waals surface area (Å²) in [5.41, 5.74) is 2.07. The molecule has 0 N–H and O–H groups in total. The first-order valence-electron chi connectivity index (χ1n) is 9.06. The summed E-state index contributed by atoms with van der Waals surface area (Å²) < 4.78 is 16.1. The molecule has 1 aliphatic rings. The zero-order valence-electron chi connectivity index (χ0n) is 15.4. The van der Waals surface area contributed by atoms with Gasteiger partial charge in [0.05, 0.1) is 20.1 Å². The van der Waals surface area contributed by atoms with E-state index in [-0.39, 0.29) is 11.9 Å². The average Bonchev–Trinajstić information content (AvgIpc) is 2.59. The van der Waals surface area contributed by atoms with E-state index < -0.39 is 0 Å². The minimum atomic E-state index is -0.196. The Bertz CT molecular complexity index is 606. The fourth-order valence-electron chi connectivity index (χ4n) is 2.84. The van der Waals surface area contributed by atoms with Crippen molar-refractivity contribution in [1.82, 2.24) is 0 Å². The molecule has 0 spiro atoms. The fraction of sp³-hybridized carbons (Fsp3) is 0.600. The van der Waals surface area contributed by atoms with Crippen LogP contribution in [-0.4, -0.2) is 25.7 Å². The van der Waals surface area contributed by atoms with Crippen molar-refractivity contribution in [2.75, 3.05) is 13.7 Å². The molecule has 1 aromatic carbocycles. The van der Waals surface area contributed by atoms with Crippen molar-refractivity contribution in [1.29, 1.82) is 0 Å². The highest BCUT2D eigenvalue weighted by atomic mass is 16.5. The van der Waals surface area contributed by atoms with E-state index in [2.05, 4.69) is 18.6 Å². The number of carbonyl (C=O) groups excluding carboxylic acids is 2. The number of aryl methyl sites for hydroxylation is 1. The fourth-order valence-corrected chi connectivity index (χ4v) is 2.84. The summed E-state index contributed by atoms with van der Waals surface area (Å²) in [5.74, 6) is 1.67. The Morgan fingerprint density at radius 1 is 1.24 bits per heavy atom. The lowest BCUT2D eigenvalue weighted by Crippen LogP contribution is -2.18. The number of esters is 2. The van der Waals surface area contributed by atoms with E-state index >= 15 is 0 Å². The summed E-state index contributed by atoms with van der Waals surface area (Å²) in [7, 11) is 1.40. The molecule has 1 heterocycles. The van der Waals surface area contributed by atoms with Gasteiger partial charge in [-0.2, -0.15) is 0 Å². The summed E-state index contributed by atoms with van der Waals surface area (Å²) in [6.07, 6.45) is 4.90. The highest BCUT2D eigenvalue weighted by Gasteiger charge is 2.23. The molecule has 0 aromatic heterocycles. The number of hydrogen-bond acceptors (Lipinski definition) is 5. The van der Waals surface area contributed by atoms with Crippen molar-refractivity contribution in [3.63, 3.8) is 0 Å². The maximum Gasteiger partial charge on any atom is 0.311 e. The van der Waals surface area contributed by atoms with E-state index in [0.29, 0.717) is 31.1 Å². The third kappa shape index (κ3) is 5.76. The Labute approximate surface area is 149 Å². The standard InChI is InChI=1S/C20H28O5/c1-14(2)7-10-16-17(24-13-5-4-6-18(21)23-3)11-8-15-9-12-19(22)25-20(15)16/h8,11,14H,4-7,9-10,12-13H2,1-3H3. The normalized spacial score (nSPS) is 13.4. The van der Waals surface area contributed by atoms with Gasteiger partial charge in [-0.3, -0.25) is 9.59 Å². The van der Waals surface area contributed by atoms with Crippen LogP contribution in [0.5, 0.6) is 11.5 Å². The van der Waals surface area contributed by atoms with Gasteiger partial charge in [-0.15, -0.1) is 0 Å². The number of benzene rings is 1. The Kier molecular flexibility index (Phi) is 7.29. The lowest BCUT2D eigenvalue weighted by molar-refractivity contribution is -0.140. The van der Waals surface area contributed by atoms with Gasteiger partial charge in [0, 0.05) is 12.0 Å². The van der Waals surface area contributed by atoms with Gasteiger partial charge in [0.1, 0.15) is 11.5 Å². The lowest BCUT2D eigenvalue weighted by Gasteiger charge is -2.22. The smallest absolute Gasteiger partial charge is 0.311 e. The SMILES string of the molecule is COC(=O)CCCCOc1ccc2c(c1CCC(C)C)OC(=O)CC2. The summed E-state index contributed by atoms with van der Waals surface area (Å²) in [6, 6.07) is 3.97. The van der Waals surface area contributed by atoms with Crippen LogP contribution in [0, 0.1) is 5.92 Å². The third-order valence-electron chi connectivity index (χ3n) is 4.35. The molecule has 0 atom stereocenters. The lowest BCUT2D eigenvalue weighted by atomic mass is 9.96. The first-order chi connectivity index (χ1) is 12.0. The Morgan fingerprint density at radius 3 is 2.76 bits per heavy atom. The Morgan fingerprint density at radius 2 is 2.04 bits per heavy atom. The second-order valence-electron chi connectivity index (χ2n) is 6.82. The molecule has 0 unspecified atom stereocenters. The largest absolute Gasteiger partial charge is 0.493 e. The van der Waals surface area contributed by atoms with E-state index in [1.54, 1.807) is 0 Å². The Hall–Kier alpha value is -2.04. The van der Waals surface area contributed by atoms with Gasteiger partial charge in [-0.05, 0) is 49.7 Å². The van der Waals surface area contributed by atoms with Gasteiger partial charge < -0.3 is 14.2 Å². The van der Waals surface area contributed by atoms with Gasteiger partial charge >= 0.3 is 11.9 Å².